The van der Waals surface area contributed by atoms with Crippen LogP contribution >= 0.6 is 11.6 Å². The van der Waals surface area contributed by atoms with Gasteiger partial charge in [0.1, 0.15) is 5.75 Å². The smallest absolute Gasteiger partial charge is 0.416 e. The summed E-state index contributed by atoms with van der Waals surface area (Å²) in [5.74, 6) is -0.619. The topological polar surface area (TPSA) is 82.3 Å². The van der Waals surface area contributed by atoms with Gasteiger partial charge in [-0.15, -0.1) is 0 Å². The van der Waals surface area contributed by atoms with Crippen molar-refractivity contribution in [3.05, 3.63) is 93.5 Å². The zero-order valence-corrected chi connectivity index (χ0v) is 30.0. The summed E-state index contributed by atoms with van der Waals surface area (Å²) in [5.41, 5.74) is 3.88. The van der Waals surface area contributed by atoms with Gasteiger partial charge < -0.3 is 20.3 Å². The number of hydrogen-bond acceptors (Lipinski definition) is 6. The molecule has 2 unspecified atom stereocenters. The van der Waals surface area contributed by atoms with Gasteiger partial charge in [0.05, 0.1) is 34.5 Å². The van der Waals surface area contributed by atoms with Crippen LogP contribution in [0.4, 0.5) is 32.0 Å². The highest BCUT2D eigenvalue weighted by atomic mass is 35.5. The monoisotopic (exact) mass is 765 g/mol. The minimum Gasteiger partial charge on any atom is -0.496 e. The first-order chi connectivity index (χ1) is 25.1. The zero-order chi connectivity index (χ0) is 38.1. The molecule has 3 saturated heterocycles. The molecule has 0 aliphatic carbocycles. The molecule has 286 valence electrons. The van der Waals surface area contributed by atoms with Crippen molar-refractivity contribution in [2.45, 2.75) is 62.6 Å². The van der Waals surface area contributed by atoms with Gasteiger partial charge in [0.25, 0.3) is 11.8 Å². The molecule has 3 aromatic rings. The lowest BCUT2D eigenvalue weighted by atomic mass is 9.90. The van der Waals surface area contributed by atoms with Crippen molar-refractivity contribution >= 4 is 29.1 Å². The van der Waals surface area contributed by atoms with Crippen molar-refractivity contribution in [3.8, 4) is 5.75 Å². The largest absolute Gasteiger partial charge is 0.496 e. The van der Waals surface area contributed by atoms with Crippen LogP contribution in [0.5, 0.6) is 5.75 Å². The summed E-state index contributed by atoms with van der Waals surface area (Å²) in [6, 6.07) is 13.5. The Morgan fingerprint density at radius 2 is 1.34 bits per heavy atom. The number of rotatable bonds is 7. The van der Waals surface area contributed by atoms with E-state index >= 15 is 0 Å². The van der Waals surface area contributed by atoms with E-state index in [4.69, 9.17) is 22.1 Å². The average Bonchev–Trinajstić information content (AvgIpc) is 3.15. The van der Waals surface area contributed by atoms with Gasteiger partial charge in [0.2, 0.25) is 0 Å². The van der Waals surface area contributed by atoms with Gasteiger partial charge in [-0.2, -0.15) is 26.3 Å². The number of ether oxygens (including phenoxy) is 1. The number of benzene rings is 3. The Balaban J connectivity index is 1.09. The lowest BCUT2D eigenvalue weighted by Gasteiger charge is -2.48. The minimum atomic E-state index is -5.05. The lowest BCUT2D eigenvalue weighted by Crippen LogP contribution is -2.58. The molecule has 6 rings (SSSR count). The van der Waals surface area contributed by atoms with Crippen LogP contribution in [-0.4, -0.2) is 102 Å². The third kappa shape index (κ3) is 8.87. The lowest BCUT2D eigenvalue weighted by molar-refractivity contribution is -0.143. The number of nitrogen functional groups attached to an aromatic ring is 1. The van der Waals surface area contributed by atoms with Gasteiger partial charge in [-0.1, -0.05) is 41.9 Å². The first-order valence-electron chi connectivity index (χ1n) is 17.7. The summed E-state index contributed by atoms with van der Waals surface area (Å²) in [4.78, 5) is 35.2. The summed E-state index contributed by atoms with van der Waals surface area (Å²) in [6.07, 6.45) is -7.00. The van der Waals surface area contributed by atoms with Crippen molar-refractivity contribution < 1.29 is 40.7 Å². The van der Waals surface area contributed by atoms with E-state index in [0.717, 1.165) is 44.6 Å². The molecule has 3 heterocycles. The molecule has 3 fully saturated rings. The normalized spacial score (nSPS) is 21.1. The molecule has 3 aliphatic heterocycles. The van der Waals surface area contributed by atoms with Crippen LogP contribution in [-0.2, 0) is 18.8 Å². The van der Waals surface area contributed by atoms with Gasteiger partial charge in [-0.05, 0) is 61.9 Å². The van der Waals surface area contributed by atoms with Gasteiger partial charge >= 0.3 is 12.4 Å². The number of amides is 2. The molecule has 0 saturated carbocycles. The van der Waals surface area contributed by atoms with Gasteiger partial charge in [0, 0.05) is 75.6 Å². The molecule has 0 radical (unpaired) electrons. The minimum absolute atomic E-state index is 0.0440. The van der Waals surface area contributed by atoms with Crippen LogP contribution in [0.3, 0.4) is 0 Å². The van der Waals surface area contributed by atoms with Crippen molar-refractivity contribution in [1.29, 1.82) is 0 Å². The Kier molecular flexibility index (Phi) is 11.5. The molecule has 0 aromatic heterocycles. The number of nitrogens with two attached hydrogens (primary N) is 1. The Bertz CT molecular complexity index is 1740. The fourth-order valence-electron chi connectivity index (χ4n) is 7.93. The van der Waals surface area contributed by atoms with E-state index in [0.29, 0.717) is 72.5 Å². The van der Waals surface area contributed by atoms with Gasteiger partial charge in [-0.3, -0.25) is 19.4 Å². The van der Waals surface area contributed by atoms with Crippen molar-refractivity contribution in [2.75, 3.05) is 58.7 Å². The first kappa shape index (κ1) is 38.7. The number of piperazine rings is 1. The maximum atomic E-state index is 13.8. The molecule has 0 bridgehead atoms. The second-order valence-corrected chi connectivity index (χ2v) is 14.4. The van der Waals surface area contributed by atoms with Crippen molar-refractivity contribution in [2.24, 2.45) is 0 Å². The molecular weight excluding hydrogens is 724 g/mol. The van der Waals surface area contributed by atoms with Crippen LogP contribution in [0.25, 0.3) is 0 Å². The molecule has 3 aromatic carbocycles. The maximum absolute atomic E-state index is 13.8. The quantitative estimate of drug-likeness (QED) is 0.204. The number of carbonyl (C=O) groups excluding carboxylic acids is 2. The molecule has 2 amide bonds. The summed E-state index contributed by atoms with van der Waals surface area (Å²) in [5, 5.41) is 0.292. The summed E-state index contributed by atoms with van der Waals surface area (Å²) in [7, 11) is 1.48. The molecule has 53 heavy (non-hydrogen) atoms. The third-order valence-corrected chi connectivity index (χ3v) is 11.1. The number of carbonyl (C=O) groups is 2. The molecule has 0 spiro atoms. The highest BCUT2D eigenvalue weighted by Gasteiger charge is 2.41. The summed E-state index contributed by atoms with van der Waals surface area (Å²) < 4.78 is 87.2. The number of nitrogens with zero attached hydrogens (tertiary/aromatic N) is 4. The Morgan fingerprint density at radius 3 is 1.91 bits per heavy atom. The second kappa shape index (κ2) is 15.8. The molecule has 15 heteroatoms. The Morgan fingerprint density at radius 1 is 0.774 bits per heavy atom. The first-order valence-corrected chi connectivity index (χ1v) is 18.0. The molecule has 8 nitrogen and oxygen atoms in total. The maximum Gasteiger partial charge on any atom is 0.416 e. The number of piperidine rings is 2. The Labute approximate surface area is 309 Å². The van der Waals surface area contributed by atoms with Crippen LogP contribution in [0.15, 0.2) is 60.7 Å². The molecular formula is C38H42ClF6N5O3. The number of halogens is 7. The zero-order valence-electron chi connectivity index (χ0n) is 29.2. The van der Waals surface area contributed by atoms with E-state index < -0.39 is 41.0 Å². The van der Waals surface area contributed by atoms with E-state index in [-0.39, 0.29) is 24.6 Å². The fraction of sp³-hybridized carbons (Fsp3) is 0.474. The third-order valence-electron chi connectivity index (χ3n) is 10.8. The van der Waals surface area contributed by atoms with Crippen LogP contribution < -0.4 is 10.5 Å². The number of hydrogen-bond donors (Lipinski definition) is 1. The van der Waals surface area contributed by atoms with Crippen LogP contribution in [0, 0.1) is 0 Å². The van der Waals surface area contributed by atoms with E-state index in [2.05, 4.69) is 9.80 Å². The summed E-state index contributed by atoms with van der Waals surface area (Å²) >= 11 is 6.20. The molecule has 2 N–H and O–H groups in total. The van der Waals surface area contributed by atoms with Gasteiger partial charge in [-0.25, -0.2) is 0 Å². The molecule has 3 aliphatic rings. The average molecular weight is 766 g/mol. The fourth-order valence-corrected chi connectivity index (χ4v) is 8.09. The molecule has 2 atom stereocenters. The highest BCUT2D eigenvalue weighted by Crippen LogP contribution is 2.38. The number of alkyl halides is 6. The van der Waals surface area contributed by atoms with Gasteiger partial charge in [0.15, 0.2) is 0 Å². The van der Waals surface area contributed by atoms with E-state index in [1.54, 1.807) is 12.1 Å². The van der Waals surface area contributed by atoms with Crippen LogP contribution in [0.2, 0.25) is 5.02 Å². The van der Waals surface area contributed by atoms with E-state index in [9.17, 15) is 35.9 Å². The predicted molar refractivity (Wildman–Crippen MR) is 189 cm³/mol. The van der Waals surface area contributed by atoms with Crippen LogP contribution in [0.1, 0.15) is 63.1 Å². The second-order valence-electron chi connectivity index (χ2n) is 14.0. The van der Waals surface area contributed by atoms with E-state index in [1.807, 2.05) is 35.2 Å². The van der Waals surface area contributed by atoms with Crippen molar-refractivity contribution in [3.63, 3.8) is 0 Å². The predicted octanol–water partition coefficient (Wildman–Crippen LogP) is 7.11. The number of likely N-dealkylation sites (tertiary alicyclic amines) is 2. The highest BCUT2D eigenvalue weighted by molar-refractivity contribution is 6.33. The van der Waals surface area contributed by atoms with Crippen molar-refractivity contribution in [1.82, 2.24) is 19.6 Å². The number of anilines is 1. The SMILES string of the molecule is COc1cc(N)c(Cl)cc1C(=O)N1CCC(N2CCN(C3CCN(C(=O)c4cc(C(F)(F)F)cc(C(F)(F)F)c4)C(Cc4ccccc4)C3)CC2)CC1. The Hall–Kier alpha value is -4.01. The summed E-state index contributed by atoms with van der Waals surface area (Å²) in [6.45, 7) is 4.55. The number of methoxy groups -OCH3 is 1. The standard InChI is InChI=1S/C38H42ClF6N5O3/c1-53-34-23-33(46)32(39)22-31(34)36(52)49-10-7-28(8-11-49)47-13-15-48(16-14-47)29-9-12-50(30(21-29)17-24-5-3-2-4-6-24)35(51)25-18-26(37(40,41)42)20-27(19-25)38(43,44)45/h2-6,18-20,22-23,28-30H,7-17,21,46H2,1H3. The van der Waals surface area contributed by atoms with E-state index in [1.165, 1.54) is 12.0 Å².